The first-order valence-corrected chi connectivity index (χ1v) is 8.56. The van der Waals surface area contributed by atoms with E-state index in [-0.39, 0.29) is 29.7 Å². The predicted octanol–water partition coefficient (Wildman–Crippen LogP) is 4.16. The van der Waals surface area contributed by atoms with Gasteiger partial charge >= 0.3 is 6.09 Å². The number of nitrogens with one attached hydrogen (secondary N) is 1. The molecule has 3 rings (SSSR count). The molecule has 0 spiro atoms. The van der Waals surface area contributed by atoms with Crippen LogP contribution in [0.25, 0.3) is 0 Å². The molecular formula is C20H21FN2O3. The molecular weight excluding hydrogens is 335 g/mol. The van der Waals surface area contributed by atoms with E-state index in [0.29, 0.717) is 18.8 Å². The minimum absolute atomic E-state index is 0.0547. The topological polar surface area (TPSA) is 58.6 Å². The molecule has 0 aliphatic carbocycles. The van der Waals surface area contributed by atoms with Crippen LogP contribution in [0.5, 0.6) is 0 Å². The minimum atomic E-state index is -0.385. The Morgan fingerprint density at radius 1 is 1.12 bits per heavy atom. The van der Waals surface area contributed by atoms with E-state index in [4.69, 9.17) is 4.74 Å². The molecule has 1 unspecified atom stereocenters. The molecule has 2 aromatic rings. The largest absolute Gasteiger partial charge is 0.447 e. The Morgan fingerprint density at radius 3 is 2.31 bits per heavy atom. The Kier molecular flexibility index (Phi) is 5.21. The fourth-order valence-corrected chi connectivity index (χ4v) is 3.08. The van der Waals surface area contributed by atoms with E-state index in [1.807, 2.05) is 13.8 Å². The predicted molar refractivity (Wildman–Crippen MR) is 97.7 cm³/mol. The van der Waals surface area contributed by atoms with Crippen molar-refractivity contribution in [1.82, 2.24) is 0 Å². The summed E-state index contributed by atoms with van der Waals surface area (Å²) in [6.45, 7) is 4.81. The van der Waals surface area contributed by atoms with Gasteiger partial charge in [-0.3, -0.25) is 9.69 Å². The molecule has 0 bridgehead atoms. The van der Waals surface area contributed by atoms with Gasteiger partial charge in [-0.25, -0.2) is 9.18 Å². The van der Waals surface area contributed by atoms with Crippen LogP contribution in [0.2, 0.25) is 0 Å². The summed E-state index contributed by atoms with van der Waals surface area (Å²) in [6.07, 6.45) is -0.363. The fraction of sp³-hybridized carbons (Fsp3) is 0.300. The number of amides is 2. The average Bonchev–Trinajstić information content (AvgIpc) is 3.03. The third-order valence-electron chi connectivity index (χ3n) is 4.39. The molecule has 26 heavy (non-hydrogen) atoms. The maximum absolute atomic E-state index is 13.2. The normalized spacial score (nSPS) is 15.1. The van der Waals surface area contributed by atoms with Crippen molar-refractivity contribution < 1.29 is 18.7 Å². The van der Waals surface area contributed by atoms with Crippen LogP contribution in [0.15, 0.2) is 48.5 Å². The number of benzene rings is 2. The Bertz CT molecular complexity index is 788. The molecule has 1 N–H and O–H groups in total. The van der Waals surface area contributed by atoms with Crippen LogP contribution in [-0.2, 0) is 9.53 Å². The van der Waals surface area contributed by atoms with Crippen molar-refractivity contribution in [2.75, 3.05) is 23.4 Å². The number of halogens is 1. The molecule has 1 atom stereocenters. The van der Waals surface area contributed by atoms with Gasteiger partial charge in [0.15, 0.2) is 0 Å². The average molecular weight is 356 g/mol. The van der Waals surface area contributed by atoms with Crippen molar-refractivity contribution in [3.05, 3.63) is 59.9 Å². The summed E-state index contributed by atoms with van der Waals surface area (Å²) < 4.78 is 18.1. The number of hydrogen-bond acceptors (Lipinski definition) is 3. The van der Waals surface area contributed by atoms with Crippen molar-refractivity contribution >= 4 is 23.4 Å². The van der Waals surface area contributed by atoms with Gasteiger partial charge in [-0.1, -0.05) is 26.0 Å². The van der Waals surface area contributed by atoms with E-state index in [0.717, 1.165) is 11.3 Å². The second-order valence-electron chi connectivity index (χ2n) is 6.58. The summed E-state index contributed by atoms with van der Waals surface area (Å²) in [5.41, 5.74) is 2.14. The van der Waals surface area contributed by atoms with Crippen LogP contribution in [0.4, 0.5) is 20.6 Å². The number of anilines is 2. The first-order chi connectivity index (χ1) is 12.5. The summed E-state index contributed by atoms with van der Waals surface area (Å²) >= 11 is 0. The lowest BCUT2D eigenvalue weighted by atomic mass is 9.87. The maximum atomic E-state index is 13.2. The number of rotatable bonds is 5. The van der Waals surface area contributed by atoms with Gasteiger partial charge in [-0.2, -0.15) is 0 Å². The summed E-state index contributed by atoms with van der Waals surface area (Å²) in [5, 5.41) is 2.90. The van der Waals surface area contributed by atoms with Gasteiger partial charge in [-0.05, 0) is 47.9 Å². The van der Waals surface area contributed by atoms with E-state index in [9.17, 15) is 14.0 Å². The van der Waals surface area contributed by atoms with Crippen LogP contribution in [0.1, 0.15) is 25.3 Å². The van der Waals surface area contributed by atoms with Crippen LogP contribution >= 0.6 is 0 Å². The molecule has 2 aromatic carbocycles. The highest BCUT2D eigenvalue weighted by molar-refractivity contribution is 5.96. The molecule has 6 heteroatoms. The van der Waals surface area contributed by atoms with Crippen molar-refractivity contribution in [2.45, 2.75) is 19.8 Å². The van der Waals surface area contributed by atoms with E-state index in [1.54, 1.807) is 41.3 Å². The smallest absolute Gasteiger partial charge is 0.414 e. The van der Waals surface area contributed by atoms with Crippen LogP contribution in [0, 0.1) is 11.7 Å². The van der Waals surface area contributed by atoms with Gasteiger partial charge in [0.1, 0.15) is 12.4 Å². The first-order valence-electron chi connectivity index (χ1n) is 8.56. The third-order valence-corrected chi connectivity index (χ3v) is 4.39. The van der Waals surface area contributed by atoms with Gasteiger partial charge in [-0.15, -0.1) is 0 Å². The van der Waals surface area contributed by atoms with Crippen molar-refractivity contribution in [3.63, 3.8) is 0 Å². The van der Waals surface area contributed by atoms with Crippen LogP contribution in [0.3, 0.4) is 0 Å². The maximum Gasteiger partial charge on any atom is 0.414 e. The van der Waals surface area contributed by atoms with Crippen molar-refractivity contribution in [2.24, 2.45) is 5.92 Å². The molecule has 1 aliphatic rings. The van der Waals surface area contributed by atoms with Crippen LogP contribution < -0.4 is 10.2 Å². The van der Waals surface area contributed by atoms with Gasteiger partial charge in [0.2, 0.25) is 5.91 Å². The van der Waals surface area contributed by atoms with Crippen molar-refractivity contribution in [1.29, 1.82) is 0 Å². The summed E-state index contributed by atoms with van der Waals surface area (Å²) in [7, 11) is 0. The molecule has 1 fully saturated rings. The molecule has 0 saturated carbocycles. The van der Waals surface area contributed by atoms with Crippen molar-refractivity contribution in [3.8, 4) is 0 Å². The van der Waals surface area contributed by atoms with Gasteiger partial charge in [0.25, 0.3) is 0 Å². The SMILES string of the molecule is CC(C)C(C(=O)Nc1ccc(N2CCOC2=O)cc1)c1ccc(F)cc1. The number of ether oxygens (including phenoxy) is 1. The van der Waals surface area contributed by atoms with E-state index in [1.165, 1.54) is 12.1 Å². The quantitative estimate of drug-likeness (QED) is 0.875. The zero-order valence-corrected chi connectivity index (χ0v) is 14.7. The summed E-state index contributed by atoms with van der Waals surface area (Å²) in [4.78, 5) is 25.9. The number of nitrogens with zero attached hydrogens (tertiary/aromatic N) is 1. The fourth-order valence-electron chi connectivity index (χ4n) is 3.08. The molecule has 1 saturated heterocycles. The number of hydrogen-bond donors (Lipinski definition) is 1. The molecule has 1 heterocycles. The molecule has 1 aliphatic heterocycles. The summed E-state index contributed by atoms with van der Waals surface area (Å²) in [5.74, 6) is -0.810. The Balaban J connectivity index is 1.73. The highest BCUT2D eigenvalue weighted by Gasteiger charge is 2.25. The highest BCUT2D eigenvalue weighted by Crippen LogP contribution is 2.27. The number of carbonyl (C=O) groups is 2. The van der Waals surface area contributed by atoms with Gasteiger partial charge in [0.05, 0.1) is 12.5 Å². The van der Waals surface area contributed by atoms with Crippen LogP contribution in [-0.4, -0.2) is 25.2 Å². The first kappa shape index (κ1) is 17.9. The molecule has 136 valence electrons. The third kappa shape index (κ3) is 3.85. The van der Waals surface area contributed by atoms with E-state index < -0.39 is 0 Å². The minimum Gasteiger partial charge on any atom is -0.447 e. The lowest BCUT2D eigenvalue weighted by molar-refractivity contribution is -0.118. The van der Waals surface area contributed by atoms with Gasteiger partial charge in [0, 0.05) is 11.4 Å². The Labute approximate surface area is 151 Å². The molecule has 0 aromatic heterocycles. The molecule has 2 amide bonds. The number of carbonyl (C=O) groups excluding carboxylic acids is 2. The Morgan fingerprint density at radius 2 is 1.77 bits per heavy atom. The van der Waals surface area contributed by atoms with E-state index in [2.05, 4.69) is 5.32 Å². The molecule has 5 nitrogen and oxygen atoms in total. The zero-order valence-electron chi connectivity index (χ0n) is 14.7. The lowest BCUT2D eigenvalue weighted by Gasteiger charge is -2.21. The summed E-state index contributed by atoms with van der Waals surface area (Å²) in [6, 6.07) is 13.0. The Hall–Kier alpha value is -2.89. The second kappa shape index (κ2) is 7.56. The highest BCUT2D eigenvalue weighted by atomic mass is 19.1. The van der Waals surface area contributed by atoms with Gasteiger partial charge < -0.3 is 10.1 Å². The second-order valence-corrected chi connectivity index (χ2v) is 6.58. The lowest BCUT2D eigenvalue weighted by Crippen LogP contribution is -2.25. The standard InChI is InChI=1S/C20H21FN2O3/c1-13(2)18(14-3-5-15(21)6-4-14)19(24)22-16-7-9-17(10-8-16)23-11-12-26-20(23)25/h3-10,13,18H,11-12H2,1-2H3,(H,22,24). The zero-order chi connectivity index (χ0) is 18.7. The van der Waals surface area contributed by atoms with E-state index >= 15 is 0 Å². The number of cyclic esters (lactones) is 1. The monoisotopic (exact) mass is 356 g/mol. The molecule has 0 radical (unpaired) electrons.